The molecule has 0 atom stereocenters. The van der Waals surface area contributed by atoms with Crippen molar-refractivity contribution in [2.75, 3.05) is 17.3 Å². The number of hydrogen-bond acceptors (Lipinski definition) is 2. The first-order valence-corrected chi connectivity index (χ1v) is 6.26. The molecule has 1 saturated carbocycles. The fourth-order valence-electron chi connectivity index (χ4n) is 1.90. The van der Waals surface area contributed by atoms with Gasteiger partial charge in [0.1, 0.15) is 0 Å². The van der Waals surface area contributed by atoms with E-state index in [1.165, 1.54) is 30.6 Å². The van der Waals surface area contributed by atoms with Crippen molar-refractivity contribution in [1.82, 2.24) is 0 Å². The summed E-state index contributed by atoms with van der Waals surface area (Å²) in [6.45, 7) is 4.43. The molecular weight excluding hydrogens is 196 g/mol. The van der Waals surface area contributed by atoms with Crippen molar-refractivity contribution in [3.63, 3.8) is 0 Å². The van der Waals surface area contributed by atoms with Crippen LogP contribution in [0.2, 0.25) is 0 Å². The molecule has 2 nitrogen and oxygen atoms in total. The predicted octanol–water partition coefficient (Wildman–Crippen LogP) is 3.50. The highest BCUT2D eigenvalue weighted by atomic mass is 15.1. The van der Waals surface area contributed by atoms with Gasteiger partial charge in [-0.3, -0.25) is 0 Å². The molecule has 1 aromatic carbocycles. The molecule has 88 valence electrons. The van der Waals surface area contributed by atoms with Gasteiger partial charge in [-0.25, -0.2) is 0 Å². The van der Waals surface area contributed by atoms with Crippen molar-refractivity contribution in [2.24, 2.45) is 0 Å². The standard InChI is InChI=1S/C14H22N2/c1-11(2)16(3)14-9-5-8-13(10-14)15-12-6-4-7-12/h5,8-12,15H,4,6-7H2,1-3H3. The lowest BCUT2D eigenvalue weighted by Gasteiger charge is -2.29. The number of hydrogen-bond donors (Lipinski definition) is 1. The van der Waals surface area contributed by atoms with Gasteiger partial charge < -0.3 is 10.2 Å². The van der Waals surface area contributed by atoms with E-state index in [-0.39, 0.29) is 0 Å². The molecule has 1 fully saturated rings. The van der Waals surface area contributed by atoms with Crippen molar-refractivity contribution >= 4 is 11.4 Å². The molecule has 0 saturated heterocycles. The summed E-state index contributed by atoms with van der Waals surface area (Å²) in [5.41, 5.74) is 2.55. The quantitative estimate of drug-likeness (QED) is 0.832. The van der Waals surface area contributed by atoms with Crippen LogP contribution in [0.4, 0.5) is 11.4 Å². The zero-order chi connectivity index (χ0) is 11.5. The smallest absolute Gasteiger partial charge is 0.0386 e. The van der Waals surface area contributed by atoms with Gasteiger partial charge in [0.2, 0.25) is 0 Å². The molecule has 1 aliphatic rings. The second-order valence-corrected chi connectivity index (χ2v) is 5.03. The van der Waals surface area contributed by atoms with Gasteiger partial charge in [-0.05, 0) is 51.3 Å². The molecule has 1 aromatic rings. The van der Waals surface area contributed by atoms with Crippen LogP contribution in [-0.4, -0.2) is 19.1 Å². The summed E-state index contributed by atoms with van der Waals surface area (Å²) in [7, 11) is 2.15. The summed E-state index contributed by atoms with van der Waals surface area (Å²) < 4.78 is 0. The van der Waals surface area contributed by atoms with Gasteiger partial charge in [-0.2, -0.15) is 0 Å². The molecular formula is C14H22N2. The Balaban J connectivity index is 2.06. The van der Waals surface area contributed by atoms with Gasteiger partial charge in [0.25, 0.3) is 0 Å². The highest BCUT2D eigenvalue weighted by Crippen LogP contribution is 2.25. The summed E-state index contributed by atoms with van der Waals surface area (Å²) >= 11 is 0. The molecule has 16 heavy (non-hydrogen) atoms. The number of rotatable bonds is 4. The number of benzene rings is 1. The summed E-state index contributed by atoms with van der Waals surface area (Å²) in [4.78, 5) is 2.30. The number of nitrogens with one attached hydrogen (secondary N) is 1. The molecule has 2 heteroatoms. The monoisotopic (exact) mass is 218 g/mol. The van der Waals surface area contributed by atoms with E-state index in [0.717, 1.165) is 0 Å². The molecule has 2 rings (SSSR count). The van der Waals surface area contributed by atoms with Gasteiger partial charge in [-0.1, -0.05) is 6.07 Å². The van der Waals surface area contributed by atoms with Gasteiger partial charge >= 0.3 is 0 Å². The average Bonchev–Trinajstić information content (AvgIpc) is 2.23. The van der Waals surface area contributed by atoms with Crippen molar-refractivity contribution in [2.45, 2.75) is 45.2 Å². The van der Waals surface area contributed by atoms with Crippen LogP contribution in [0.25, 0.3) is 0 Å². The number of nitrogens with zero attached hydrogens (tertiary/aromatic N) is 1. The zero-order valence-electron chi connectivity index (χ0n) is 10.5. The van der Waals surface area contributed by atoms with Crippen LogP contribution < -0.4 is 10.2 Å². The van der Waals surface area contributed by atoms with Crippen LogP contribution in [0.3, 0.4) is 0 Å². The molecule has 1 aliphatic carbocycles. The third-order valence-electron chi connectivity index (χ3n) is 3.50. The molecule has 0 aliphatic heterocycles. The highest BCUT2D eigenvalue weighted by molar-refractivity contribution is 5.58. The van der Waals surface area contributed by atoms with E-state index in [0.29, 0.717) is 12.1 Å². The molecule has 0 bridgehead atoms. The molecule has 0 heterocycles. The Bertz CT molecular complexity index is 342. The minimum Gasteiger partial charge on any atom is -0.382 e. The Morgan fingerprint density at radius 3 is 2.62 bits per heavy atom. The minimum absolute atomic E-state index is 0.541. The molecule has 0 spiro atoms. The number of anilines is 2. The van der Waals surface area contributed by atoms with Gasteiger partial charge in [0.05, 0.1) is 0 Å². The predicted molar refractivity (Wildman–Crippen MR) is 71.2 cm³/mol. The first kappa shape index (κ1) is 11.3. The lowest BCUT2D eigenvalue weighted by Crippen LogP contribution is -2.28. The van der Waals surface area contributed by atoms with E-state index in [1.807, 2.05) is 0 Å². The van der Waals surface area contributed by atoms with Gasteiger partial charge in [0, 0.05) is 30.5 Å². The van der Waals surface area contributed by atoms with Gasteiger partial charge in [-0.15, -0.1) is 0 Å². The third kappa shape index (κ3) is 2.49. The SMILES string of the molecule is CC(C)N(C)c1cccc(NC2CCC2)c1. The summed E-state index contributed by atoms with van der Waals surface area (Å²) in [5.74, 6) is 0. The van der Waals surface area contributed by atoms with E-state index in [2.05, 4.69) is 55.4 Å². The van der Waals surface area contributed by atoms with E-state index in [4.69, 9.17) is 0 Å². The third-order valence-corrected chi connectivity index (χ3v) is 3.50. The lowest BCUT2D eigenvalue weighted by molar-refractivity contribution is 0.445. The first-order valence-electron chi connectivity index (χ1n) is 6.26. The van der Waals surface area contributed by atoms with Crippen LogP contribution in [0.15, 0.2) is 24.3 Å². The maximum atomic E-state index is 3.59. The fourth-order valence-corrected chi connectivity index (χ4v) is 1.90. The molecule has 0 amide bonds. The topological polar surface area (TPSA) is 15.3 Å². The maximum Gasteiger partial charge on any atom is 0.0386 e. The minimum atomic E-state index is 0.541. The Labute approximate surface area is 98.7 Å². The Morgan fingerprint density at radius 1 is 1.31 bits per heavy atom. The normalized spacial score (nSPS) is 16.0. The summed E-state index contributed by atoms with van der Waals surface area (Å²) in [6.07, 6.45) is 4.03. The van der Waals surface area contributed by atoms with E-state index < -0.39 is 0 Å². The van der Waals surface area contributed by atoms with E-state index in [9.17, 15) is 0 Å². The van der Waals surface area contributed by atoms with Crippen molar-refractivity contribution < 1.29 is 0 Å². The van der Waals surface area contributed by atoms with Crippen LogP contribution in [0.5, 0.6) is 0 Å². The van der Waals surface area contributed by atoms with Crippen molar-refractivity contribution in [1.29, 1.82) is 0 Å². The molecule has 0 aromatic heterocycles. The summed E-state index contributed by atoms with van der Waals surface area (Å²) in [6, 6.07) is 9.97. The Kier molecular flexibility index (Phi) is 3.37. The molecule has 0 radical (unpaired) electrons. The summed E-state index contributed by atoms with van der Waals surface area (Å²) in [5, 5.41) is 3.59. The molecule has 1 N–H and O–H groups in total. The molecule has 0 unspecified atom stereocenters. The van der Waals surface area contributed by atoms with Crippen LogP contribution in [0, 0.1) is 0 Å². The van der Waals surface area contributed by atoms with Crippen LogP contribution in [0.1, 0.15) is 33.1 Å². The highest BCUT2D eigenvalue weighted by Gasteiger charge is 2.16. The maximum absolute atomic E-state index is 3.59. The lowest BCUT2D eigenvalue weighted by atomic mass is 9.93. The fraction of sp³-hybridized carbons (Fsp3) is 0.571. The van der Waals surface area contributed by atoms with E-state index in [1.54, 1.807) is 0 Å². The van der Waals surface area contributed by atoms with Crippen LogP contribution >= 0.6 is 0 Å². The Morgan fingerprint density at radius 2 is 2.06 bits per heavy atom. The second kappa shape index (κ2) is 4.77. The first-order chi connectivity index (χ1) is 7.66. The van der Waals surface area contributed by atoms with Crippen LogP contribution in [-0.2, 0) is 0 Å². The van der Waals surface area contributed by atoms with Crippen molar-refractivity contribution in [3.05, 3.63) is 24.3 Å². The van der Waals surface area contributed by atoms with E-state index >= 15 is 0 Å². The largest absolute Gasteiger partial charge is 0.382 e. The van der Waals surface area contributed by atoms with Crippen molar-refractivity contribution in [3.8, 4) is 0 Å². The zero-order valence-corrected chi connectivity index (χ0v) is 10.5. The van der Waals surface area contributed by atoms with Gasteiger partial charge in [0.15, 0.2) is 0 Å². The second-order valence-electron chi connectivity index (χ2n) is 5.03. The Hall–Kier alpha value is -1.18. The average molecular weight is 218 g/mol.